The van der Waals surface area contributed by atoms with E-state index < -0.39 is 10.0 Å². The Hall–Kier alpha value is -3.16. The summed E-state index contributed by atoms with van der Waals surface area (Å²) in [4.78, 5) is 12.4. The minimum atomic E-state index is -3.64. The standard InChI is InChI=1S/C22H22N2O4S/c1-28-20-11-13-21(14-12-20)29(26,27)24-16-15-23-22(25)19-9-7-18(8-10-19)17-5-3-2-4-6-17/h2-14,24H,15-16H2,1H3,(H,23,25). The molecule has 0 spiro atoms. The van der Waals surface area contributed by atoms with Crippen molar-refractivity contribution in [1.29, 1.82) is 0 Å². The maximum absolute atomic E-state index is 12.3. The lowest BCUT2D eigenvalue weighted by molar-refractivity contribution is 0.0954. The molecule has 0 aromatic heterocycles. The molecule has 0 atom stereocenters. The summed E-state index contributed by atoms with van der Waals surface area (Å²) in [6, 6.07) is 23.2. The highest BCUT2D eigenvalue weighted by atomic mass is 32.2. The molecule has 1 amide bonds. The van der Waals surface area contributed by atoms with Crippen molar-refractivity contribution in [2.45, 2.75) is 4.90 Å². The second-order valence-electron chi connectivity index (χ2n) is 6.27. The number of methoxy groups -OCH3 is 1. The van der Waals surface area contributed by atoms with E-state index in [1.165, 1.54) is 19.2 Å². The molecule has 0 bridgehead atoms. The van der Waals surface area contributed by atoms with Gasteiger partial charge in [-0.1, -0.05) is 42.5 Å². The van der Waals surface area contributed by atoms with Crippen LogP contribution in [0.5, 0.6) is 5.75 Å². The molecule has 2 N–H and O–H groups in total. The molecule has 0 radical (unpaired) electrons. The van der Waals surface area contributed by atoms with E-state index >= 15 is 0 Å². The van der Waals surface area contributed by atoms with Gasteiger partial charge in [0.2, 0.25) is 10.0 Å². The van der Waals surface area contributed by atoms with Gasteiger partial charge in [-0.05, 0) is 47.5 Å². The predicted molar refractivity (Wildman–Crippen MR) is 112 cm³/mol. The van der Waals surface area contributed by atoms with Crippen molar-refractivity contribution in [2.75, 3.05) is 20.2 Å². The van der Waals surface area contributed by atoms with Gasteiger partial charge >= 0.3 is 0 Å². The topological polar surface area (TPSA) is 84.5 Å². The third-order valence-electron chi connectivity index (χ3n) is 4.33. The van der Waals surface area contributed by atoms with Crippen molar-refractivity contribution in [3.8, 4) is 16.9 Å². The minimum absolute atomic E-state index is 0.0855. The summed E-state index contributed by atoms with van der Waals surface area (Å²) >= 11 is 0. The highest BCUT2D eigenvalue weighted by Crippen LogP contribution is 2.19. The zero-order chi connectivity index (χ0) is 20.7. The maximum atomic E-state index is 12.3. The number of hydrogen-bond acceptors (Lipinski definition) is 4. The summed E-state index contributed by atoms with van der Waals surface area (Å²) in [5.41, 5.74) is 2.62. The lowest BCUT2D eigenvalue weighted by atomic mass is 10.0. The average Bonchev–Trinajstić information content (AvgIpc) is 2.77. The van der Waals surface area contributed by atoms with Crippen molar-refractivity contribution < 1.29 is 17.9 Å². The molecule has 150 valence electrons. The molecule has 6 nitrogen and oxygen atoms in total. The van der Waals surface area contributed by atoms with Crippen LogP contribution in [0.2, 0.25) is 0 Å². The molecule has 3 aromatic carbocycles. The highest BCUT2D eigenvalue weighted by Gasteiger charge is 2.13. The van der Waals surface area contributed by atoms with Crippen LogP contribution in [0, 0.1) is 0 Å². The molecule has 0 fully saturated rings. The molecule has 3 rings (SSSR count). The molecule has 0 aliphatic heterocycles. The van der Waals surface area contributed by atoms with Gasteiger partial charge in [-0.25, -0.2) is 13.1 Å². The van der Waals surface area contributed by atoms with Crippen LogP contribution >= 0.6 is 0 Å². The van der Waals surface area contributed by atoms with Gasteiger partial charge in [-0.2, -0.15) is 0 Å². The molecule has 0 aliphatic carbocycles. The highest BCUT2D eigenvalue weighted by molar-refractivity contribution is 7.89. The Bertz CT molecular complexity index is 1050. The summed E-state index contributed by atoms with van der Waals surface area (Å²) in [5, 5.41) is 2.71. The van der Waals surface area contributed by atoms with Crippen LogP contribution in [0.1, 0.15) is 10.4 Å². The predicted octanol–water partition coefficient (Wildman–Crippen LogP) is 3.07. The van der Waals surface area contributed by atoms with Crippen LogP contribution in [-0.4, -0.2) is 34.5 Å². The van der Waals surface area contributed by atoms with E-state index in [1.54, 1.807) is 24.3 Å². The van der Waals surface area contributed by atoms with Gasteiger partial charge in [0.1, 0.15) is 5.75 Å². The number of sulfonamides is 1. The molecule has 0 saturated carbocycles. The second kappa shape index (κ2) is 9.36. The number of rotatable bonds is 8. The summed E-state index contributed by atoms with van der Waals surface area (Å²) in [6.45, 7) is 0.261. The monoisotopic (exact) mass is 410 g/mol. The molecule has 0 unspecified atom stereocenters. The number of benzene rings is 3. The van der Waals surface area contributed by atoms with Crippen LogP contribution in [0.15, 0.2) is 83.8 Å². The number of carbonyl (C=O) groups excluding carboxylic acids is 1. The summed E-state index contributed by atoms with van der Waals surface area (Å²) in [6.07, 6.45) is 0. The normalized spacial score (nSPS) is 11.1. The molecule has 0 heterocycles. The Kier molecular flexibility index (Phi) is 6.64. The SMILES string of the molecule is COc1ccc(S(=O)(=O)NCCNC(=O)c2ccc(-c3ccccc3)cc2)cc1. The molecule has 7 heteroatoms. The Morgan fingerprint density at radius 2 is 1.45 bits per heavy atom. The third kappa shape index (κ3) is 5.43. The van der Waals surface area contributed by atoms with Crippen LogP contribution in [-0.2, 0) is 10.0 Å². The first-order chi connectivity index (χ1) is 14.0. The molecule has 29 heavy (non-hydrogen) atoms. The van der Waals surface area contributed by atoms with E-state index in [0.29, 0.717) is 11.3 Å². The summed E-state index contributed by atoms with van der Waals surface area (Å²) in [7, 11) is -2.13. The number of ether oxygens (including phenoxy) is 1. The Labute approximate surface area is 170 Å². The van der Waals surface area contributed by atoms with Crippen LogP contribution in [0.25, 0.3) is 11.1 Å². The quantitative estimate of drug-likeness (QED) is 0.559. The fourth-order valence-electron chi connectivity index (χ4n) is 2.75. The van der Waals surface area contributed by atoms with Crippen molar-refractivity contribution in [3.63, 3.8) is 0 Å². The van der Waals surface area contributed by atoms with E-state index in [9.17, 15) is 13.2 Å². The Morgan fingerprint density at radius 3 is 2.07 bits per heavy atom. The second-order valence-corrected chi connectivity index (χ2v) is 8.04. The molecular weight excluding hydrogens is 388 g/mol. The van der Waals surface area contributed by atoms with Gasteiger partial charge in [0.05, 0.1) is 12.0 Å². The van der Waals surface area contributed by atoms with Gasteiger partial charge in [0, 0.05) is 18.7 Å². The van der Waals surface area contributed by atoms with E-state index in [2.05, 4.69) is 10.0 Å². The fraction of sp³-hybridized carbons (Fsp3) is 0.136. The van der Waals surface area contributed by atoms with Gasteiger partial charge in [-0.15, -0.1) is 0 Å². The van der Waals surface area contributed by atoms with E-state index in [-0.39, 0.29) is 23.9 Å². The smallest absolute Gasteiger partial charge is 0.251 e. The van der Waals surface area contributed by atoms with Gasteiger partial charge in [-0.3, -0.25) is 4.79 Å². The minimum Gasteiger partial charge on any atom is -0.497 e. The first-order valence-corrected chi connectivity index (χ1v) is 10.6. The lowest BCUT2D eigenvalue weighted by Gasteiger charge is -2.09. The van der Waals surface area contributed by atoms with E-state index in [1.807, 2.05) is 42.5 Å². The maximum Gasteiger partial charge on any atom is 0.251 e. The number of carbonyl (C=O) groups is 1. The summed E-state index contributed by atoms with van der Waals surface area (Å²) < 4.78 is 32.0. The molecule has 3 aromatic rings. The van der Waals surface area contributed by atoms with Gasteiger partial charge < -0.3 is 10.1 Å². The number of nitrogens with one attached hydrogen (secondary N) is 2. The first kappa shape index (κ1) is 20.6. The zero-order valence-electron chi connectivity index (χ0n) is 16.0. The third-order valence-corrected chi connectivity index (χ3v) is 5.80. The van der Waals surface area contributed by atoms with Crippen LogP contribution in [0.3, 0.4) is 0 Å². The van der Waals surface area contributed by atoms with E-state index in [0.717, 1.165) is 11.1 Å². The van der Waals surface area contributed by atoms with Crippen LogP contribution < -0.4 is 14.8 Å². The Morgan fingerprint density at radius 1 is 0.828 bits per heavy atom. The lowest BCUT2D eigenvalue weighted by Crippen LogP contribution is -2.34. The molecule has 0 saturated heterocycles. The van der Waals surface area contributed by atoms with Crippen molar-refractivity contribution in [1.82, 2.24) is 10.0 Å². The fourth-order valence-corrected chi connectivity index (χ4v) is 3.78. The number of amides is 1. The zero-order valence-corrected chi connectivity index (χ0v) is 16.8. The van der Waals surface area contributed by atoms with Crippen molar-refractivity contribution in [2.24, 2.45) is 0 Å². The molecular formula is C22H22N2O4S. The van der Waals surface area contributed by atoms with Gasteiger partial charge in [0.15, 0.2) is 0 Å². The number of hydrogen-bond donors (Lipinski definition) is 2. The van der Waals surface area contributed by atoms with Crippen LogP contribution in [0.4, 0.5) is 0 Å². The van der Waals surface area contributed by atoms with Crippen molar-refractivity contribution >= 4 is 15.9 Å². The van der Waals surface area contributed by atoms with Crippen molar-refractivity contribution in [3.05, 3.63) is 84.4 Å². The summed E-state index contributed by atoms with van der Waals surface area (Å²) in [5.74, 6) is 0.322. The van der Waals surface area contributed by atoms with Gasteiger partial charge in [0.25, 0.3) is 5.91 Å². The van der Waals surface area contributed by atoms with E-state index in [4.69, 9.17) is 4.74 Å². The first-order valence-electron chi connectivity index (χ1n) is 9.07. The molecule has 0 aliphatic rings. The largest absolute Gasteiger partial charge is 0.497 e. The Balaban J connectivity index is 1.50. The average molecular weight is 410 g/mol.